The molecule has 0 radical (unpaired) electrons. The first-order chi connectivity index (χ1) is 16.9. The minimum Gasteiger partial charge on any atom is -0.426 e. The second-order valence-electron chi connectivity index (χ2n) is 9.06. The Kier molecular flexibility index (Phi) is 8.61. The molecule has 1 heterocycles. The van der Waals surface area contributed by atoms with Crippen LogP contribution >= 0.6 is 0 Å². The highest BCUT2D eigenvalue weighted by Crippen LogP contribution is 2.53. The summed E-state index contributed by atoms with van der Waals surface area (Å²) in [7, 11) is 0. The lowest BCUT2D eigenvalue weighted by Crippen LogP contribution is -2.56. The second-order valence-corrected chi connectivity index (χ2v) is 9.06. The van der Waals surface area contributed by atoms with Crippen LogP contribution in [0, 0.1) is 11.8 Å². The number of hydrogen-bond donors (Lipinski definition) is 0. The molecule has 4 nitrogen and oxygen atoms in total. The van der Waals surface area contributed by atoms with E-state index in [1.807, 2.05) is 0 Å². The number of hydrogen-bond acceptors (Lipinski definition) is 4. The maximum atomic E-state index is 13.9. The van der Waals surface area contributed by atoms with Gasteiger partial charge in [0, 0.05) is 23.9 Å². The number of esters is 1. The standard InChI is InChI=1S/C25H27F7N2O2/c1-2-3-4-5-16-14-33-21(34-15-16)17-8-12-20(13-9-17)36-22(35)18-6-10-19(11-7-18)23(26,27)24(28,29)25(30,31)32/h8-9,12-15,18-19H,2-7,10-11H2,1H3. The molecule has 0 atom stereocenters. The fourth-order valence-corrected chi connectivity index (χ4v) is 4.22. The summed E-state index contributed by atoms with van der Waals surface area (Å²) in [5, 5.41) is 0. The van der Waals surface area contributed by atoms with Crippen molar-refractivity contribution < 1.29 is 40.3 Å². The number of aromatic nitrogens is 2. The van der Waals surface area contributed by atoms with Gasteiger partial charge in [0.2, 0.25) is 0 Å². The van der Waals surface area contributed by atoms with E-state index >= 15 is 0 Å². The summed E-state index contributed by atoms with van der Waals surface area (Å²) in [5.74, 6) is -14.5. The quantitative estimate of drug-likeness (QED) is 0.149. The van der Waals surface area contributed by atoms with Gasteiger partial charge in [0.05, 0.1) is 5.92 Å². The monoisotopic (exact) mass is 520 g/mol. The molecule has 1 aromatic heterocycles. The average Bonchev–Trinajstić information content (AvgIpc) is 2.84. The summed E-state index contributed by atoms with van der Waals surface area (Å²) in [6.45, 7) is 2.12. The van der Waals surface area contributed by atoms with Crippen LogP contribution in [0.1, 0.15) is 57.4 Å². The van der Waals surface area contributed by atoms with E-state index in [0.29, 0.717) is 11.4 Å². The van der Waals surface area contributed by atoms with Crippen LogP contribution in [0.4, 0.5) is 30.7 Å². The smallest absolute Gasteiger partial charge is 0.426 e. The molecular formula is C25H27F7N2O2. The number of halogens is 7. The molecule has 1 fully saturated rings. The Morgan fingerprint density at radius 3 is 2.03 bits per heavy atom. The Bertz CT molecular complexity index is 1000. The molecule has 0 spiro atoms. The molecule has 1 saturated carbocycles. The largest absolute Gasteiger partial charge is 0.459 e. The molecular weight excluding hydrogens is 493 g/mol. The number of unbranched alkanes of at least 4 members (excludes halogenated alkanes) is 2. The lowest BCUT2D eigenvalue weighted by Gasteiger charge is -2.37. The molecule has 0 N–H and O–H groups in total. The third-order valence-corrected chi connectivity index (χ3v) is 6.45. The van der Waals surface area contributed by atoms with Crippen molar-refractivity contribution in [3.8, 4) is 17.1 Å². The highest BCUT2D eigenvalue weighted by Gasteiger charge is 2.74. The van der Waals surface area contributed by atoms with E-state index < -0.39 is 48.7 Å². The molecule has 11 heteroatoms. The van der Waals surface area contributed by atoms with E-state index in [9.17, 15) is 35.5 Å². The SMILES string of the molecule is CCCCCc1cnc(-c2ccc(OC(=O)C3CCC(C(F)(F)C(F)(F)C(F)(F)F)CC3)cc2)nc1. The highest BCUT2D eigenvalue weighted by atomic mass is 19.4. The molecule has 2 aromatic rings. The van der Waals surface area contributed by atoms with Crippen LogP contribution < -0.4 is 4.74 Å². The summed E-state index contributed by atoms with van der Waals surface area (Å²) < 4.78 is 97.0. The van der Waals surface area contributed by atoms with Gasteiger partial charge in [-0.1, -0.05) is 19.8 Å². The van der Waals surface area contributed by atoms with Gasteiger partial charge in [-0.05, 0) is 68.4 Å². The topological polar surface area (TPSA) is 52.1 Å². The number of alkyl halides is 7. The number of rotatable bonds is 9. The molecule has 0 unspecified atom stereocenters. The Hall–Kier alpha value is -2.72. The number of ether oxygens (including phenoxy) is 1. The van der Waals surface area contributed by atoms with Gasteiger partial charge in [-0.25, -0.2) is 9.97 Å². The van der Waals surface area contributed by atoms with Crippen LogP contribution in [0.25, 0.3) is 11.4 Å². The molecule has 198 valence electrons. The van der Waals surface area contributed by atoms with E-state index in [0.717, 1.165) is 31.2 Å². The Labute approximate surface area is 204 Å². The van der Waals surface area contributed by atoms with Crippen LogP contribution in [-0.4, -0.2) is 34.0 Å². The van der Waals surface area contributed by atoms with Crippen molar-refractivity contribution in [2.75, 3.05) is 0 Å². The minimum atomic E-state index is -6.36. The van der Waals surface area contributed by atoms with Crippen LogP contribution in [-0.2, 0) is 11.2 Å². The first-order valence-corrected chi connectivity index (χ1v) is 11.8. The number of nitrogens with zero attached hydrogens (tertiary/aromatic N) is 2. The maximum Gasteiger partial charge on any atom is 0.459 e. The summed E-state index contributed by atoms with van der Waals surface area (Å²) in [5.41, 5.74) is 1.72. The molecule has 0 bridgehead atoms. The van der Waals surface area contributed by atoms with Crippen molar-refractivity contribution in [2.45, 2.75) is 76.3 Å². The average molecular weight is 520 g/mol. The van der Waals surface area contributed by atoms with E-state index in [4.69, 9.17) is 4.74 Å². The molecule has 0 aliphatic heterocycles. The van der Waals surface area contributed by atoms with Gasteiger partial charge in [-0.2, -0.15) is 30.7 Å². The van der Waals surface area contributed by atoms with Gasteiger partial charge >= 0.3 is 24.0 Å². The van der Waals surface area contributed by atoms with Gasteiger partial charge in [0.25, 0.3) is 0 Å². The lowest BCUT2D eigenvalue weighted by molar-refractivity contribution is -0.367. The fourth-order valence-electron chi connectivity index (χ4n) is 4.22. The second kappa shape index (κ2) is 11.1. The number of benzene rings is 1. The van der Waals surface area contributed by atoms with Gasteiger partial charge in [0.1, 0.15) is 5.75 Å². The van der Waals surface area contributed by atoms with E-state index in [1.165, 1.54) is 12.1 Å². The Morgan fingerprint density at radius 1 is 0.917 bits per heavy atom. The lowest BCUT2D eigenvalue weighted by atomic mass is 9.77. The van der Waals surface area contributed by atoms with Gasteiger partial charge in [-0.3, -0.25) is 4.79 Å². The first kappa shape index (κ1) is 27.9. The van der Waals surface area contributed by atoms with Gasteiger partial charge < -0.3 is 4.74 Å². The number of carbonyl (C=O) groups is 1. The summed E-state index contributed by atoms with van der Waals surface area (Å²) >= 11 is 0. The van der Waals surface area contributed by atoms with Crippen molar-refractivity contribution >= 4 is 5.97 Å². The Balaban J connectivity index is 1.54. The normalized spacial score (nSPS) is 19.2. The molecule has 3 rings (SSSR count). The highest BCUT2D eigenvalue weighted by molar-refractivity contribution is 5.75. The zero-order valence-electron chi connectivity index (χ0n) is 19.6. The molecule has 36 heavy (non-hydrogen) atoms. The van der Waals surface area contributed by atoms with Crippen LogP contribution in [0.15, 0.2) is 36.7 Å². The molecule has 1 aliphatic carbocycles. The fraction of sp³-hybridized carbons (Fsp3) is 0.560. The van der Waals surface area contributed by atoms with Crippen molar-refractivity contribution in [2.24, 2.45) is 11.8 Å². The Morgan fingerprint density at radius 2 is 1.50 bits per heavy atom. The van der Waals surface area contributed by atoms with E-state index in [-0.39, 0.29) is 18.6 Å². The number of aryl methyl sites for hydroxylation is 1. The van der Waals surface area contributed by atoms with Crippen molar-refractivity contribution in [3.05, 3.63) is 42.2 Å². The van der Waals surface area contributed by atoms with Crippen LogP contribution in [0.2, 0.25) is 0 Å². The van der Waals surface area contributed by atoms with Gasteiger partial charge in [-0.15, -0.1) is 0 Å². The summed E-state index contributed by atoms with van der Waals surface area (Å²) in [6, 6.07) is 6.31. The van der Waals surface area contributed by atoms with E-state index in [1.54, 1.807) is 24.5 Å². The third kappa shape index (κ3) is 6.15. The molecule has 0 amide bonds. The van der Waals surface area contributed by atoms with Gasteiger partial charge in [0.15, 0.2) is 5.82 Å². The molecule has 0 saturated heterocycles. The summed E-state index contributed by atoms with van der Waals surface area (Å²) in [4.78, 5) is 21.1. The molecule has 1 aliphatic rings. The number of carbonyl (C=O) groups excluding carboxylic acids is 1. The zero-order chi connectivity index (χ0) is 26.6. The van der Waals surface area contributed by atoms with Crippen LogP contribution in [0.3, 0.4) is 0 Å². The predicted octanol–water partition coefficient (Wildman–Crippen LogP) is 7.42. The van der Waals surface area contributed by atoms with Crippen LogP contribution in [0.5, 0.6) is 5.75 Å². The maximum absolute atomic E-state index is 13.9. The van der Waals surface area contributed by atoms with Crippen molar-refractivity contribution in [3.63, 3.8) is 0 Å². The minimum absolute atomic E-state index is 0.177. The predicted molar refractivity (Wildman–Crippen MR) is 118 cm³/mol. The van der Waals surface area contributed by atoms with E-state index in [2.05, 4.69) is 16.9 Å². The van der Waals surface area contributed by atoms with Crippen molar-refractivity contribution in [1.29, 1.82) is 0 Å². The summed E-state index contributed by atoms with van der Waals surface area (Å²) in [6.07, 6.45) is -0.485. The first-order valence-electron chi connectivity index (χ1n) is 11.8. The van der Waals surface area contributed by atoms with Crippen molar-refractivity contribution in [1.82, 2.24) is 9.97 Å². The molecule has 1 aromatic carbocycles. The zero-order valence-corrected chi connectivity index (χ0v) is 19.6. The third-order valence-electron chi connectivity index (χ3n) is 6.45.